The molecule has 36 heavy (non-hydrogen) atoms. The number of benzene rings is 2. The van der Waals surface area contributed by atoms with Gasteiger partial charge in [-0.15, -0.1) is 0 Å². The number of amidine groups is 1. The van der Waals surface area contributed by atoms with Gasteiger partial charge in [0, 0.05) is 39.5 Å². The zero-order chi connectivity index (χ0) is 25.0. The molecule has 7 rings (SSSR count). The van der Waals surface area contributed by atoms with Crippen molar-refractivity contribution in [3.05, 3.63) is 70.9 Å². The van der Waals surface area contributed by atoms with Gasteiger partial charge in [-0.05, 0) is 73.8 Å². The highest BCUT2D eigenvalue weighted by Gasteiger charge is 2.84. The van der Waals surface area contributed by atoms with E-state index in [2.05, 4.69) is 5.32 Å². The molecule has 0 aliphatic heterocycles. The van der Waals surface area contributed by atoms with Crippen molar-refractivity contribution in [2.45, 2.75) is 49.8 Å². The average Bonchev–Trinajstić information content (AvgIpc) is 3.44. The molecule has 2 aromatic carbocycles. The predicted octanol–water partition coefficient (Wildman–Crippen LogP) is 2.50. The first-order chi connectivity index (χ1) is 17.1. The monoisotopic (exact) mass is 483 g/mol. The Morgan fingerprint density at radius 3 is 2.25 bits per heavy atom. The molecule has 4 aliphatic rings. The van der Waals surface area contributed by atoms with Crippen LogP contribution in [-0.2, 0) is 6.54 Å². The standard InChI is InChI=1S/C28H29N5O3/c29-23(30)18-6-5-17-7-22(33(21(17)8-18)13-15-1-3-16(4-2-15)24(31)34)25(35)32-26-9-19-11-27(36)12-20(10-26)28(19,27)14-26/h1-8,19-20,36H,9-14H2,(H3,29,30)(H2,31,34)(H,32,35). The van der Waals surface area contributed by atoms with Crippen molar-refractivity contribution in [1.82, 2.24) is 9.88 Å². The largest absolute Gasteiger partial charge is 0.389 e. The number of carbonyl (C=O) groups excluding carboxylic acids is 2. The number of aromatic nitrogens is 1. The molecule has 8 heteroatoms. The highest BCUT2D eigenvalue weighted by atomic mass is 16.3. The number of hydrogen-bond donors (Lipinski definition) is 5. The van der Waals surface area contributed by atoms with E-state index < -0.39 is 11.5 Å². The third-order valence-electron chi connectivity index (χ3n) is 9.80. The highest BCUT2D eigenvalue weighted by molar-refractivity contribution is 6.02. The number of primary amides is 1. The van der Waals surface area contributed by atoms with Crippen molar-refractivity contribution in [1.29, 1.82) is 5.41 Å². The second-order valence-electron chi connectivity index (χ2n) is 11.6. The molecule has 184 valence electrons. The van der Waals surface area contributed by atoms with E-state index in [0.29, 0.717) is 35.2 Å². The topological polar surface area (TPSA) is 147 Å². The number of amides is 2. The van der Waals surface area contributed by atoms with Crippen molar-refractivity contribution in [3.8, 4) is 0 Å². The van der Waals surface area contributed by atoms with Crippen LogP contribution in [0.5, 0.6) is 0 Å². The van der Waals surface area contributed by atoms with Crippen LogP contribution in [0, 0.1) is 22.7 Å². The number of hydrogen-bond acceptors (Lipinski definition) is 4. The van der Waals surface area contributed by atoms with Gasteiger partial charge in [-0.2, -0.15) is 0 Å². The maximum atomic E-state index is 13.8. The third-order valence-corrected chi connectivity index (χ3v) is 9.80. The number of rotatable bonds is 6. The Morgan fingerprint density at radius 2 is 1.67 bits per heavy atom. The fourth-order valence-corrected chi connectivity index (χ4v) is 8.36. The van der Waals surface area contributed by atoms with E-state index in [9.17, 15) is 14.7 Å². The van der Waals surface area contributed by atoms with Crippen molar-refractivity contribution in [3.63, 3.8) is 0 Å². The van der Waals surface area contributed by atoms with Crippen LogP contribution in [0.15, 0.2) is 48.5 Å². The van der Waals surface area contributed by atoms with Crippen molar-refractivity contribution in [2.75, 3.05) is 0 Å². The Labute approximate surface area is 208 Å². The number of carbonyl (C=O) groups is 2. The summed E-state index contributed by atoms with van der Waals surface area (Å²) in [6.45, 7) is 0.411. The summed E-state index contributed by atoms with van der Waals surface area (Å²) >= 11 is 0. The first kappa shape index (κ1) is 21.6. The van der Waals surface area contributed by atoms with E-state index in [0.717, 1.165) is 48.6 Å². The lowest BCUT2D eigenvalue weighted by molar-refractivity contribution is -0.305. The molecule has 3 aromatic rings. The normalized spacial score (nSPS) is 33.0. The molecular weight excluding hydrogens is 454 g/mol. The smallest absolute Gasteiger partial charge is 0.268 e. The van der Waals surface area contributed by atoms with Crippen LogP contribution in [-0.4, -0.2) is 38.5 Å². The maximum Gasteiger partial charge on any atom is 0.268 e. The van der Waals surface area contributed by atoms with Crippen LogP contribution in [0.3, 0.4) is 0 Å². The summed E-state index contributed by atoms with van der Waals surface area (Å²) in [6, 6.07) is 14.5. The molecule has 1 heterocycles. The summed E-state index contributed by atoms with van der Waals surface area (Å²) in [5.41, 5.74) is 13.7. The van der Waals surface area contributed by atoms with Crippen LogP contribution in [0.4, 0.5) is 0 Å². The van der Waals surface area contributed by atoms with E-state index in [4.69, 9.17) is 16.9 Å². The van der Waals surface area contributed by atoms with Gasteiger partial charge in [0.15, 0.2) is 0 Å². The number of nitrogens with two attached hydrogens (primary N) is 2. The summed E-state index contributed by atoms with van der Waals surface area (Å²) in [5.74, 6) is 0.397. The molecule has 2 atom stereocenters. The molecule has 4 fully saturated rings. The molecule has 0 radical (unpaired) electrons. The van der Waals surface area contributed by atoms with Gasteiger partial charge in [0.25, 0.3) is 5.91 Å². The van der Waals surface area contributed by atoms with Gasteiger partial charge in [0.1, 0.15) is 11.5 Å². The van der Waals surface area contributed by atoms with E-state index in [-0.39, 0.29) is 22.7 Å². The Balaban J connectivity index is 1.25. The van der Waals surface area contributed by atoms with Crippen LogP contribution in [0.1, 0.15) is 64.1 Å². The lowest BCUT2D eigenvalue weighted by Gasteiger charge is -2.71. The second-order valence-corrected chi connectivity index (χ2v) is 11.6. The summed E-state index contributed by atoms with van der Waals surface area (Å²) in [5, 5.41) is 23.1. The summed E-state index contributed by atoms with van der Waals surface area (Å²) < 4.78 is 1.95. The van der Waals surface area contributed by atoms with Gasteiger partial charge in [0.05, 0.1) is 5.60 Å². The van der Waals surface area contributed by atoms with E-state index in [1.54, 1.807) is 18.2 Å². The SMILES string of the molecule is N=C(N)c1ccc2cc(C(=O)NC34CC5CC6(O)CC(C3)C56C4)n(Cc3ccc(C(N)=O)cc3)c2c1. The molecule has 1 aromatic heterocycles. The lowest BCUT2D eigenvalue weighted by atomic mass is 9.36. The Kier molecular flexibility index (Phi) is 4.06. The molecule has 7 N–H and O–H groups in total. The molecular formula is C28H29N5O3. The van der Waals surface area contributed by atoms with Crippen LogP contribution in [0.2, 0.25) is 0 Å². The van der Waals surface area contributed by atoms with Crippen molar-refractivity contribution >= 4 is 28.6 Å². The van der Waals surface area contributed by atoms with Crippen LogP contribution < -0.4 is 16.8 Å². The summed E-state index contributed by atoms with van der Waals surface area (Å²) in [7, 11) is 0. The van der Waals surface area contributed by atoms with Gasteiger partial charge in [-0.1, -0.05) is 24.3 Å². The minimum Gasteiger partial charge on any atom is -0.389 e. The molecule has 4 saturated carbocycles. The first-order valence-corrected chi connectivity index (χ1v) is 12.5. The molecule has 0 saturated heterocycles. The molecule has 8 nitrogen and oxygen atoms in total. The number of nitrogen functional groups attached to an aromatic ring is 1. The Bertz CT molecular complexity index is 1470. The zero-order valence-electron chi connectivity index (χ0n) is 19.9. The molecule has 2 bridgehead atoms. The van der Waals surface area contributed by atoms with Gasteiger partial charge >= 0.3 is 0 Å². The fraction of sp³-hybridized carbons (Fsp3) is 0.393. The van der Waals surface area contributed by atoms with E-state index >= 15 is 0 Å². The quantitative estimate of drug-likeness (QED) is 0.271. The van der Waals surface area contributed by atoms with Gasteiger partial charge in [-0.25, -0.2) is 0 Å². The third kappa shape index (κ3) is 2.65. The number of nitrogens with zero attached hydrogens (tertiary/aromatic N) is 1. The molecule has 2 unspecified atom stereocenters. The first-order valence-electron chi connectivity index (χ1n) is 12.5. The molecule has 1 spiro atoms. The Morgan fingerprint density at radius 1 is 1.00 bits per heavy atom. The molecule has 2 amide bonds. The fourth-order valence-electron chi connectivity index (χ4n) is 8.36. The second kappa shape index (κ2) is 6.76. The highest BCUT2D eigenvalue weighted by Crippen LogP contribution is 2.83. The van der Waals surface area contributed by atoms with Crippen LogP contribution >= 0.6 is 0 Å². The van der Waals surface area contributed by atoms with E-state index in [1.165, 1.54) is 0 Å². The lowest BCUT2D eigenvalue weighted by Crippen LogP contribution is -2.73. The minimum absolute atomic E-state index is 0.0324. The maximum absolute atomic E-state index is 13.8. The van der Waals surface area contributed by atoms with Gasteiger partial charge in [0.2, 0.25) is 5.91 Å². The van der Waals surface area contributed by atoms with Crippen molar-refractivity contribution in [2.24, 2.45) is 28.7 Å². The van der Waals surface area contributed by atoms with E-state index in [1.807, 2.05) is 34.9 Å². The predicted molar refractivity (Wildman–Crippen MR) is 135 cm³/mol. The number of fused-ring (bicyclic) bond motifs is 2. The van der Waals surface area contributed by atoms with Crippen LogP contribution in [0.25, 0.3) is 10.9 Å². The minimum atomic E-state index is -0.500. The number of nitrogens with one attached hydrogen (secondary N) is 2. The zero-order valence-corrected chi connectivity index (χ0v) is 19.9. The molecule has 4 aliphatic carbocycles. The average molecular weight is 484 g/mol. The summed E-state index contributed by atoms with van der Waals surface area (Å²) in [4.78, 5) is 25.3. The summed E-state index contributed by atoms with van der Waals surface area (Å²) in [6.07, 6.45) is 4.51. The van der Waals surface area contributed by atoms with Crippen molar-refractivity contribution < 1.29 is 14.7 Å². The number of aliphatic hydroxyl groups is 1. The van der Waals surface area contributed by atoms with Gasteiger partial charge in [-0.3, -0.25) is 15.0 Å². The van der Waals surface area contributed by atoms with Gasteiger partial charge < -0.3 is 26.5 Å². The Hall–Kier alpha value is -3.65.